The van der Waals surface area contributed by atoms with Crippen LogP contribution in [0, 0.1) is 5.92 Å². The summed E-state index contributed by atoms with van der Waals surface area (Å²) < 4.78 is 5.50. The van der Waals surface area contributed by atoms with Crippen molar-refractivity contribution < 1.29 is 19.1 Å². The molecule has 3 N–H and O–H groups in total. The van der Waals surface area contributed by atoms with Crippen molar-refractivity contribution in [3.63, 3.8) is 0 Å². The summed E-state index contributed by atoms with van der Waals surface area (Å²) >= 11 is 3.25. The molecule has 1 aliphatic heterocycles. The molecule has 1 aliphatic carbocycles. The van der Waals surface area contributed by atoms with Gasteiger partial charge in [0.05, 0.1) is 5.88 Å². The Balaban J connectivity index is 1.52. The minimum Gasteiger partial charge on any atom is -0.444 e. The van der Waals surface area contributed by atoms with Gasteiger partial charge in [-0.25, -0.2) is 4.79 Å². The Labute approximate surface area is 236 Å². The van der Waals surface area contributed by atoms with Crippen LogP contribution >= 0.6 is 23.5 Å². The molecule has 2 aliphatic rings. The van der Waals surface area contributed by atoms with Crippen LogP contribution in [0.2, 0.25) is 0 Å². The number of rotatable bonds is 12. The van der Waals surface area contributed by atoms with Crippen LogP contribution in [0.1, 0.15) is 58.4 Å². The number of hydrogen-bond donors (Lipinski definition) is 3. The van der Waals surface area contributed by atoms with Crippen LogP contribution in [-0.2, 0) is 20.9 Å². The zero-order valence-electron chi connectivity index (χ0n) is 23.0. The van der Waals surface area contributed by atoms with Crippen molar-refractivity contribution in [2.75, 3.05) is 36.2 Å². The molecule has 3 amide bonds. The molecule has 1 saturated heterocycles. The second-order valence-electron chi connectivity index (χ2n) is 11.0. The molecule has 1 heterocycles. The molecule has 0 radical (unpaired) electrons. The summed E-state index contributed by atoms with van der Waals surface area (Å²) in [7, 11) is 0. The lowest BCUT2D eigenvalue weighted by atomic mass is 9.91. The minimum atomic E-state index is -0.656. The first-order valence-corrected chi connectivity index (χ1v) is 16.0. The second-order valence-corrected chi connectivity index (χ2v) is 13.1. The largest absolute Gasteiger partial charge is 0.444 e. The van der Waals surface area contributed by atoms with Crippen LogP contribution in [0.5, 0.6) is 0 Å². The van der Waals surface area contributed by atoms with Crippen molar-refractivity contribution in [1.29, 1.82) is 0 Å². The summed E-state index contributed by atoms with van der Waals surface area (Å²) in [4.78, 5) is 40.5. The monoisotopic (exact) mass is 564 g/mol. The molecule has 1 aromatic rings. The van der Waals surface area contributed by atoms with Gasteiger partial charge in [-0.05, 0) is 50.8 Å². The summed E-state index contributed by atoms with van der Waals surface area (Å²) in [6.07, 6.45) is 5.86. The Morgan fingerprint density at radius 2 is 1.84 bits per heavy atom. The minimum absolute atomic E-state index is 0.189. The van der Waals surface area contributed by atoms with Gasteiger partial charge in [0.25, 0.3) is 0 Å². The number of carbonyl (C=O) groups is 3. The van der Waals surface area contributed by atoms with Crippen LogP contribution < -0.4 is 16.0 Å². The van der Waals surface area contributed by atoms with Crippen LogP contribution in [0.15, 0.2) is 30.3 Å². The first-order chi connectivity index (χ1) is 18.2. The summed E-state index contributed by atoms with van der Waals surface area (Å²) in [5.41, 5.74) is 0.546. The number of nitrogens with one attached hydrogen (secondary N) is 3. The molecular weight excluding hydrogens is 520 g/mol. The fourth-order valence-corrected chi connectivity index (χ4v) is 6.96. The van der Waals surface area contributed by atoms with E-state index in [9.17, 15) is 14.4 Å². The average Bonchev–Trinajstić information content (AvgIpc) is 3.39. The van der Waals surface area contributed by atoms with Crippen molar-refractivity contribution in [3.8, 4) is 0 Å². The van der Waals surface area contributed by atoms with Crippen molar-refractivity contribution in [1.82, 2.24) is 20.9 Å². The number of carbonyl (C=O) groups excluding carboxylic acids is 3. The number of benzene rings is 1. The first-order valence-electron chi connectivity index (χ1n) is 13.7. The quantitative estimate of drug-likeness (QED) is 0.330. The van der Waals surface area contributed by atoms with E-state index < -0.39 is 23.8 Å². The molecule has 1 aromatic carbocycles. The van der Waals surface area contributed by atoms with E-state index in [2.05, 4.69) is 28.1 Å². The predicted molar refractivity (Wildman–Crippen MR) is 156 cm³/mol. The van der Waals surface area contributed by atoms with E-state index in [0.29, 0.717) is 36.4 Å². The van der Waals surface area contributed by atoms with Gasteiger partial charge >= 0.3 is 6.09 Å². The molecular formula is C28H44N4O4S2. The third kappa shape index (κ3) is 10.7. The van der Waals surface area contributed by atoms with Crippen LogP contribution in [0.3, 0.4) is 0 Å². The van der Waals surface area contributed by atoms with Gasteiger partial charge in [-0.15, -0.1) is 11.8 Å². The van der Waals surface area contributed by atoms with E-state index in [1.807, 2.05) is 39.0 Å². The van der Waals surface area contributed by atoms with Gasteiger partial charge in [0.15, 0.2) is 0 Å². The van der Waals surface area contributed by atoms with E-state index in [-0.39, 0.29) is 11.8 Å². The summed E-state index contributed by atoms with van der Waals surface area (Å²) in [6.45, 7) is 7.25. The molecule has 1 unspecified atom stereocenters. The standard InChI is InChI=1S/C28H44N4O4S2/c1-28(2,3)36-27(35)32-20-38-19-24(32)26(34)31-23(18-37-17-22-12-8-5-9-13-22)25(33)30-15-14-29-16-21-10-6-4-7-11-21/h4,6-7,10-11,22-24,29H,5,8-9,12-20H2,1-3H3,(H,30,33)(H,31,34)/t23?,24-/m0/s1. The van der Waals surface area contributed by atoms with Crippen LogP contribution in [-0.4, -0.2) is 76.7 Å². The molecule has 212 valence electrons. The van der Waals surface area contributed by atoms with Gasteiger partial charge in [0, 0.05) is 31.1 Å². The van der Waals surface area contributed by atoms with Gasteiger partial charge in [0.1, 0.15) is 17.7 Å². The highest BCUT2D eigenvalue weighted by atomic mass is 32.2. The van der Waals surface area contributed by atoms with Crippen molar-refractivity contribution in [2.45, 2.75) is 77.1 Å². The average molecular weight is 565 g/mol. The van der Waals surface area contributed by atoms with Crippen molar-refractivity contribution in [2.24, 2.45) is 5.92 Å². The Morgan fingerprint density at radius 1 is 1.11 bits per heavy atom. The lowest BCUT2D eigenvalue weighted by Crippen LogP contribution is -2.55. The fraction of sp³-hybridized carbons (Fsp3) is 0.679. The molecule has 8 nitrogen and oxygen atoms in total. The second kappa shape index (κ2) is 15.6. The highest BCUT2D eigenvalue weighted by Crippen LogP contribution is 2.27. The topological polar surface area (TPSA) is 99.8 Å². The Morgan fingerprint density at radius 3 is 2.55 bits per heavy atom. The molecule has 0 spiro atoms. The molecule has 1 saturated carbocycles. The molecule has 3 rings (SSSR count). The van der Waals surface area contributed by atoms with Crippen LogP contribution in [0.25, 0.3) is 0 Å². The Hall–Kier alpha value is -1.91. The smallest absolute Gasteiger partial charge is 0.411 e. The number of amides is 3. The number of nitrogens with zero attached hydrogens (tertiary/aromatic N) is 1. The van der Waals surface area contributed by atoms with E-state index in [1.165, 1.54) is 54.3 Å². The molecule has 0 aromatic heterocycles. The normalized spacial score (nSPS) is 19.1. The lowest BCUT2D eigenvalue weighted by molar-refractivity contribution is -0.130. The molecule has 0 bridgehead atoms. The number of ether oxygens (including phenoxy) is 1. The number of thioether (sulfide) groups is 2. The maximum absolute atomic E-state index is 13.3. The molecule has 10 heteroatoms. The zero-order chi connectivity index (χ0) is 27.4. The van der Waals surface area contributed by atoms with E-state index in [4.69, 9.17) is 4.74 Å². The van der Waals surface area contributed by atoms with Gasteiger partial charge in [-0.2, -0.15) is 11.8 Å². The summed E-state index contributed by atoms with van der Waals surface area (Å²) in [6, 6.07) is 8.80. The lowest BCUT2D eigenvalue weighted by Gasteiger charge is -2.28. The van der Waals surface area contributed by atoms with Crippen LogP contribution in [0.4, 0.5) is 4.79 Å². The van der Waals surface area contributed by atoms with Crippen molar-refractivity contribution >= 4 is 41.4 Å². The van der Waals surface area contributed by atoms with E-state index in [1.54, 1.807) is 11.8 Å². The third-order valence-corrected chi connectivity index (χ3v) is 8.87. The van der Waals surface area contributed by atoms with Crippen molar-refractivity contribution in [3.05, 3.63) is 35.9 Å². The van der Waals surface area contributed by atoms with E-state index in [0.717, 1.165) is 12.3 Å². The first kappa shape index (κ1) is 30.6. The van der Waals surface area contributed by atoms with Gasteiger partial charge < -0.3 is 20.7 Å². The zero-order valence-corrected chi connectivity index (χ0v) is 24.6. The maximum Gasteiger partial charge on any atom is 0.411 e. The van der Waals surface area contributed by atoms with Gasteiger partial charge in [-0.3, -0.25) is 14.5 Å². The Bertz CT molecular complexity index is 891. The summed E-state index contributed by atoms with van der Waals surface area (Å²) in [5.74, 6) is 2.58. The Kier molecular flexibility index (Phi) is 12.6. The fourth-order valence-electron chi connectivity index (χ4n) is 4.54. The molecule has 2 fully saturated rings. The maximum atomic E-state index is 13.3. The predicted octanol–water partition coefficient (Wildman–Crippen LogP) is 4.00. The van der Waals surface area contributed by atoms with Gasteiger partial charge in [0.2, 0.25) is 11.8 Å². The van der Waals surface area contributed by atoms with Gasteiger partial charge in [-0.1, -0.05) is 49.6 Å². The number of hydrogen-bond acceptors (Lipinski definition) is 7. The molecule has 38 heavy (non-hydrogen) atoms. The highest BCUT2D eigenvalue weighted by Gasteiger charge is 2.38. The SMILES string of the molecule is CC(C)(C)OC(=O)N1CSC[C@H]1C(=O)NC(CSCC1CCCCC1)C(=O)NCCNCc1ccccc1. The van der Waals surface area contributed by atoms with E-state index >= 15 is 0 Å². The highest BCUT2D eigenvalue weighted by molar-refractivity contribution is 7.99. The summed E-state index contributed by atoms with van der Waals surface area (Å²) in [5, 5.41) is 9.27. The third-order valence-electron chi connectivity index (χ3n) is 6.58. The molecule has 2 atom stereocenters.